The van der Waals surface area contributed by atoms with Gasteiger partial charge in [0.2, 0.25) is 5.91 Å². The van der Waals surface area contributed by atoms with Crippen LogP contribution in [0, 0.1) is 0 Å². The van der Waals surface area contributed by atoms with Crippen molar-refractivity contribution in [2.45, 2.75) is 43.9 Å². The van der Waals surface area contributed by atoms with E-state index in [1.807, 2.05) is 12.1 Å². The van der Waals surface area contributed by atoms with Crippen molar-refractivity contribution in [1.82, 2.24) is 0 Å². The van der Waals surface area contributed by atoms with Gasteiger partial charge in [-0.1, -0.05) is 30.9 Å². The van der Waals surface area contributed by atoms with E-state index >= 15 is 0 Å². The van der Waals surface area contributed by atoms with Crippen molar-refractivity contribution < 1.29 is 4.79 Å². The molecule has 3 N–H and O–H groups in total. The van der Waals surface area contributed by atoms with Crippen LogP contribution in [0.1, 0.15) is 43.2 Å². The Morgan fingerprint density at radius 2 is 2.00 bits per heavy atom. The molecule has 1 saturated carbocycles. The SMILES string of the molecule is NCC1(c2cc(Cl)cc3c2NC(=O)C3)CCCCC1. The van der Waals surface area contributed by atoms with Crippen molar-refractivity contribution >= 4 is 23.2 Å². The molecule has 0 aromatic heterocycles. The van der Waals surface area contributed by atoms with E-state index in [1.165, 1.54) is 19.3 Å². The first-order chi connectivity index (χ1) is 9.14. The summed E-state index contributed by atoms with van der Waals surface area (Å²) in [7, 11) is 0. The summed E-state index contributed by atoms with van der Waals surface area (Å²) in [6.07, 6.45) is 6.29. The Balaban J connectivity index is 2.11. The van der Waals surface area contributed by atoms with E-state index < -0.39 is 0 Å². The van der Waals surface area contributed by atoms with Gasteiger partial charge in [0.25, 0.3) is 0 Å². The molecular weight excluding hydrogens is 260 g/mol. The zero-order chi connectivity index (χ0) is 13.5. The number of halogens is 1. The Kier molecular flexibility index (Phi) is 3.27. The first-order valence-electron chi connectivity index (χ1n) is 6.97. The lowest BCUT2D eigenvalue weighted by Crippen LogP contribution is -2.37. The van der Waals surface area contributed by atoms with Crippen LogP contribution in [0.25, 0.3) is 0 Å². The molecular formula is C15H19ClN2O. The van der Waals surface area contributed by atoms with Gasteiger partial charge >= 0.3 is 0 Å². The van der Waals surface area contributed by atoms with Gasteiger partial charge in [-0.2, -0.15) is 0 Å². The third kappa shape index (κ3) is 2.15. The lowest BCUT2D eigenvalue weighted by molar-refractivity contribution is -0.115. The molecule has 1 amide bonds. The van der Waals surface area contributed by atoms with Crippen LogP contribution in [0.15, 0.2) is 12.1 Å². The average Bonchev–Trinajstić information content (AvgIpc) is 2.78. The highest BCUT2D eigenvalue weighted by molar-refractivity contribution is 6.31. The van der Waals surface area contributed by atoms with Crippen molar-refractivity contribution in [3.8, 4) is 0 Å². The number of hydrogen-bond donors (Lipinski definition) is 2. The fourth-order valence-corrected chi connectivity index (χ4v) is 3.78. The van der Waals surface area contributed by atoms with Gasteiger partial charge in [0.05, 0.1) is 6.42 Å². The minimum atomic E-state index is -0.00907. The fourth-order valence-electron chi connectivity index (χ4n) is 3.54. The summed E-state index contributed by atoms with van der Waals surface area (Å²) in [4.78, 5) is 11.7. The van der Waals surface area contributed by atoms with Crippen molar-refractivity contribution in [3.05, 3.63) is 28.3 Å². The number of nitrogens with one attached hydrogen (secondary N) is 1. The highest BCUT2D eigenvalue weighted by atomic mass is 35.5. The molecule has 19 heavy (non-hydrogen) atoms. The quantitative estimate of drug-likeness (QED) is 0.874. The number of carbonyl (C=O) groups excluding carboxylic acids is 1. The maximum absolute atomic E-state index is 11.7. The lowest BCUT2D eigenvalue weighted by Gasteiger charge is -2.38. The van der Waals surface area contributed by atoms with Gasteiger partial charge in [0.1, 0.15) is 0 Å². The van der Waals surface area contributed by atoms with E-state index in [4.69, 9.17) is 17.3 Å². The summed E-state index contributed by atoms with van der Waals surface area (Å²) in [5, 5.41) is 3.71. The summed E-state index contributed by atoms with van der Waals surface area (Å²) in [5.74, 6) is 0.0569. The largest absolute Gasteiger partial charge is 0.330 e. The second-order valence-electron chi connectivity index (χ2n) is 5.76. The predicted molar refractivity (Wildman–Crippen MR) is 77.6 cm³/mol. The molecule has 3 rings (SSSR count). The maximum atomic E-state index is 11.7. The number of amides is 1. The number of carbonyl (C=O) groups is 1. The monoisotopic (exact) mass is 278 g/mol. The normalized spacial score (nSPS) is 21.1. The second kappa shape index (κ2) is 4.80. The van der Waals surface area contributed by atoms with Crippen molar-refractivity contribution in [1.29, 1.82) is 0 Å². The van der Waals surface area contributed by atoms with Crippen LogP contribution < -0.4 is 11.1 Å². The summed E-state index contributed by atoms with van der Waals surface area (Å²) in [6, 6.07) is 3.90. The predicted octanol–water partition coefficient (Wildman–Crippen LogP) is 3.00. The van der Waals surface area contributed by atoms with Crippen LogP contribution in [0.5, 0.6) is 0 Å². The van der Waals surface area contributed by atoms with Gasteiger partial charge in [-0.05, 0) is 36.1 Å². The number of anilines is 1. The van der Waals surface area contributed by atoms with E-state index in [0.717, 1.165) is 29.7 Å². The molecule has 0 atom stereocenters. The molecule has 1 aromatic carbocycles. The fraction of sp³-hybridized carbons (Fsp3) is 0.533. The molecule has 1 fully saturated rings. The molecule has 0 unspecified atom stereocenters. The number of hydrogen-bond acceptors (Lipinski definition) is 2. The highest BCUT2D eigenvalue weighted by Gasteiger charge is 2.37. The van der Waals surface area contributed by atoms with Crippen LogP contribution in [0.2, 0.25) is 5.02 Å². The molecule has 0 spiro atoms. The number of benzene rings is 1. The first-order valence-corrected chi connectivity index (χ1v) is 7.35. The summed E-state index contributed by atoms with van der Waals surface area (Å²) < 4.78 is 0. The lowest BCUT2D eigenvalue weighted by atomic mass is 9.68. The average molecular weight is 279 g/mol. The Morgan fingerprint density at radius 1 is 1.26 bits per heavy atom. The molecule has 0 bridgehead atoms. The van der Waals surface area contributed by atoms with Gasteiger partial charge in [-0.3, -0.25) is 4.79 Å². The Morgan fingerprint density at radius 3 is 2.68 bits per heavy atom. The summed E-state index contributed by atoms with van der Waals surface area (Å²) >= 11 is 6.23. The maximum Gasteiger partial charge on any atom is 0.228 e. The number of rotatable bonds is 2. The summed E-state index contributed by atoms with van der Waals surface area (Å²) in [5.41, 5.74) is 9.23. The van der Waals surface area contributed by atoms with Crippen molar-refractivity contribution in [2.75, 3.05) is 11.9 Å². The van der Waals surface area contributed by atoms with Crippen LogP contribution >= 0.6 is 11.6 Å². The third-order valence-electron chi connectivity index (χ3n) is 4.57. The Hall–Kier alpha value is -1.06. The molecule has 1 aromatic rings. The van der Waals surface area contributed by atoms with E-state index in [1.54, 1.807) is 0 Å². The van der Waals surface area contributed by atoms with Crippen LogP contribution in [-0.2, 0) is 16.6 Å². The van der Waals surface area contributed by atoms with Gasteiger partial charge in [0, 0.05) is 22.7 Å². The molecule has 0 radical (unpaired) electrons. The molecule has 102 valence electrons. The highest BCUT2D eigenvalue weighted by Crippen LogP contribution is 2.45. The zero-order valence-electron chi connectivity index (χ0n) is 11.0. The first kappa shape index (κ1) is 12.9. The zero-order valence-corrected chi connectivity index (χ0v) is 11.7. The number of fused-ring (bicyclic) bond motifs is 1. The summed E-state index contributed by atoms with van der Waals surface area (Å²) in [6.45, 7) is 0.621. The smallest absolute Gasteiger partial charge is 0.228 e. The van der Waals surface area contributed by atoms with Crippen LogP contribution in [-0.4, -0.2) is 12.5 Å². The number of nitrogens with two attached hydrogens (primary N) is 1. The van der Waals surface area contributed by atoms with Crippen molar-refractivity contribution in [2.24, 2.45) is 5.73 Å². The van der Waals surface area contributed by atoms with Gasteiger partial charge < -0.3 is 11.1 Å². The standard InChI is InChI=1S/C15H19ClN2O/c16-11-6-10-7-13(19)18-14(10)12(8-11)15(9-17)4-2-1-3-5-15/h6,8H,1-5,7,9,17H2,(H,18,19). The van der Waals surface area contributed by atoms with E-state index in [-0.39, 0.29) is 11.3 Å². The molecule has 3 nitrogen and oxygen atoms in total. The van der Waals surface area contributed by atoms with E-state index in [0.29, 0.717) is 18.0 Å². The van der Waals surface area contributed by atoms with Gasteiger partial charge in [-0.25, -0.2) is 0 Å². The minimum absolute atomic E-state index is 0.00907. The van der Waals surface area contributed by atoms with Crippen molar-refractivity contribution in [3.63, 3.8) is 0 Å². The molecule has 4 heteroatoms. The Bertz CT molecular complexity index is 521. The second-order valence-corrected chi connectivity index (χ2v) is 6.19. The molecule has 1 aliphatic carbocycles. The molecule has 0 saturated heterocycles. The minimum Gasteiger partial charge on any atom is -0.330 e. The molecule has 2 aliphatic rings. The van der Waals surface area contributed by atoms with Gasteiger partial charge in [0.15, 0.2) is 0 Å². The van der Waals surface area contributed by atoms with E-state index in [9.17, 15) is 4.79 Å². The Labute approximate surface area is 118 Å². The van der Waals surface area contributed by atoms with Crippen LogP contribution in [0.3, 0.4) is 0 Å². The molecule has 1 heterocycles. The third-order valence-corrected chi connectivity index (χ3v) is 4.79. The topological polar surface area (TPSA) is 55.1 Å². The van der Waals surface area contributed by atoms with Gasteiger partial charge in [-0.15, -0.1) is 0 Å². The van der Waals surface area contributed by atoms with E-state index in [2.05, 4.69) is 5.32 Å². The molecule has 1 aliphatic heterocycles. The van der Waals surface area contributed by atoms with Crippen LogP contribution in [0.4, 0.5) is 5.69 Å².